The average Bonchev–Trinajstić information content (AvgIpc) is 2.48. The van der Waals surface area contributed by atoms with Gasteiger partial charge in [-0.1, -0.05) is 20.3 Å². The van der Waals surface area contributed by atoms with Gasteiger partial charge in [-0.15, -0.1) is 0 Å². The summed E-state index contributed by atoms with van der Waals surface area (Å²) in [5.74, 6) is 0. The van der Waals surface area contributed by atoms with E-state index in [1.54, 1.807) is 0 Å². The predicted molar refractivity (Wildman–Crippen MR) is 88.1 cm³/mol. The van der Waals surface area contributed by atoms with Gasteiger partial charge < -0.3 is 5.32 Å². The maximum Gasteiger partial charge on any atom is 0.126 e. The van der Waals surface area contributed by atoms with E-state index in [1.807, 2.05) is 38.1 Å². The van der Waals surface area contributed by atoms with Crippen LogP contribution in [-0.2, 0) is 0 Å². The third-order valence-electron chi connectivity index (χ3n) is 3.08. The van der Waals surface area contributed by atoms with Crippen LogP contribution in [0.1, 0.15) is 34.1 Å². The maximum absolute atomic E-state index is 10.1. The van der Waals surface area contributed by atoms with Gasteiger partial charge in [0, 0.05) is 5.69 Å². The third kappa shape index (κ3) is 7.26. The van der Waals surface area contributed by atoms with Crippen LogP contribution in [0.5, 0.6) is 0 Å². The molecule has 0 atom stereocenters. The van der Waals surface area contributed by atoms with Crippen molar-refractivity contribution in [3.63, 3.8) is 0 Å². The molecule has 0 heterocycles. The van der Waals surface area contributed by atoms with E-state index in [4.69, 9.17) is 0 Å². The number of hydroxylamine groups is 3. The van der Waals surface area contributed by atoms with Crippen molar-refractivity contribution >= 4 is 18.1 Å². The lowest BCUT2D eigenvalue weighted by atomic mass is 10.3. The molecule has 1 rings (SSSR count). The molecule has 2 N–H and O–H groups in total. The first-order valence-corrected chi connectivity index (χ1v) is 7.44. The number of hydrogen-bond acceptors (Lipinski definition) is 3. The number of aliphatic imine (C=N–C) groups is 1. The molecule has 114 valence electrons. The van der Waals surface area contributed by atoms with Gasteiger partial charge in [-0.05, 0) is 44.8 Å². The summed E-state index contributed by atoms with van der Waals surface area (Å²) in [6, 6.07) is 7.76. The number of quaternary nitrogens is 1. The average molecular weight is 280 g/mol. The zero-order chi connectivity index (χ0) is 15.4. The van der Waals surface area contributed by atoms with Gasteiger partial charge >= 0.3 is 0 Å². The van der Waals surface area contributed by atoms with Crippen molar-refractivity contribution < 1.29 is 9.85 Å². The first-order valence-electron chi connectivity index (χ1n) is 7.44. The molecule has 0 saturated heterocycles. The molecule has 0 fully saturated rings. The molecule has 1 aromatic carbocycles. The third-order valence-corrected chi connectivity index (χ3v) is 3.08. The quantitative estimate of drug-likeness (QED) is 0.449. The Morgan fingerprint density at radius 1 is 1.10 bits per heavy atom. The fraction of sp³-hybridized carbons (Fsp3) is 0.562. The molecule has 0 amide bonds. The van der Waals surface area contributed by atoms with E-state index >= 15 is 0 Å². The molecular formula is C16H30N3O+. The van der Waals surface area contributed by atoms with Crippen molar-refractivity contribution in [3.8, 4) is 0 Å². The Balaban J connectivity index is 0.00000110. The van der Waals surface area contributed by atoms with E-state index in [1.165, 1.54) is 6.42 Å². The van der Waals surface area contributed by atoms with Crippen molar-refractivity contribution in [2.75, 3.05) is 31.5 Å². The summed E-state index contributed by atoms with van der Waals surface area (Å²) in [6.45, 7) is 14.6. The van der Waals surface area contributed by atoms with Gasteiger partial charge in [0.2, 0.25) is 0 Å². The molecule has 0 saturated carbocycles. The van der Waals surface area contributed by atoms with Crippen LogP contribution in [0.15, 0.2) is 29.3 Å². The molecule has 0 aromatic heterocycles. The van der Waals surface area contributed by atoms with Crippen molar-refractivity contribution in [2.45, 2.75) is 34.1 Å². The fourth-order valence-corrected chi connectivity index (χ4v) is 1.63. The second-order valence-corrected chi connectivity index (χ2v) is 4.79. The summed E-state index contributed by atoms with van der Waals surface area (Å²) in [5.41, 5.74) is 1.90. The summed E-state index contributed by atoms with van der Waals surface area (Å²) in [7, 11) is 0. The van der Waals surface area contributed by atoms with Gasteiger partial charge in [-0.2, -0.15) is 4.65 Å². The Labute approximate surface area is 123 Å². The number of benzene rings is 1. The normalized spacial score (nSPS) is 10.4. The minimum Gasteiger partial charge on any atom is -0.379 e. The number of nitrogens with one attached hydrogen (secondary N) is 1. The lowest BCUT2D eigenvalue weighted by molar-refractivity contribution is -1.10. The second-order valence-electron chi connectivity index (χ2n) is 4.79. The topological polar surface area (TPSA) is 44.6 Å². The molecule has 0 aliphatic rings. The molecule has 0 radical (unpaired) electrons. The summed E-state index contributed by atoms with van der Waals surface area (Å²) < 4.78 is 0.110. The molecule has 0 spiro atoms. The summed E-state index contributed by atoms with van der Waals surface area (Å²) in [6.07, 6.45) is 1.25. The number of nitrogens with zero attached hydrogens (tertiary/aromatic N) is 2. The minimum atomic E-state index is 0.110. The fourth-order valence-electron chi connectivity index (χ4n) is 1.63. The first kappa shape index (κ1) is 18.6. The number of rotatable bonds is 7. The van der Waals surface area contributed by atoms with Crippen molar-refractivity contribution in [1.29, 1.82) is 0 Å². The summed E-state index contributed by atoms with van der Waals surface area (Å²) in [4.78, 5) is 3.84. The van der Waals surface area contributed by atoms with Crippen molar-refractivity contribution in [2.24, 2.45) is 4.99 Å². The molecule has 0 bridgehead atoms. The molecule has 4 nitrogen and oxygen atoms in total. The van der Waals surface area contributed by atoms with Crippen LogP contribution < -0.4 is 5.32 Å². The Hall–Kier alpha value is -1.39. The standard InChI is InChI=1S/C13H22N3O.C3H8/c1-4-16(17,5-2)11-10-15-13-8-6-12(14-3)7-9-13;1-3-2/h6-9,15,17H,3-5,10-11H2,1-2H3;3H2,1-2H3/q+1;. The highest BCUT2D eigenvalue weighted by atomic mass is 16.5. The molecular weight excluding hydrogens is 250 g/mol. The molecule has 4 heteroatoms. The van der Waals surface area contributed by atoms with E-state index in [0.29, 0.717) is 6.54 Å². The van der Waals surface area contributed by atoms with Crippen LogP contribution >= 0.6 is 0 Å². The maximum atomic E-state index is 10.1. The number of anilines is 1. The van der Waals surface area contributed by atoms with Gasteiger partial charge in [-0.25, -0.2) is 5.21 Å². The lowest BCUT2D eigenvalue weighted by Gasteiger charge is -2.27. The van der Waals surface area contributed by atoms with E-state index in [2.05, 4.69) is 30.9 Å². The minimum absolute atomic E-state index is 0.110. The van der Waals surface area contributed by atoms with Gasteiger partial charge in [-0.3, -0.25) is 4.99 Å². The second kappa shape index (κ2) is 10.4. The van der Waals surface area contributed by atoms with Crippen LogP contribution in [-0.4, -0.2) is 42.8 Å². The van der Waals surface area contributed by atoms with Gasteiger partial charge in [0.1, 0.15) is 19.6 Å². The lowest BCUT2D eigenvalue weighted by Crippen LogP contribution is -2.47. The van der Waals surface area contributed by atoms with Gasteiger partial charge in [0.05, 0.1) is 12.2 Å². The highest BCUT2D eigenvalue weighted by Gasteiger charge is 2.19. The number of hydrogen-bond donors (Lipinski definition) is 2. The summed E-state index contributed by atoms with van der Waals surface area (Å²) >= 11 is 0. The zero-order valence-corrected chi connectivity index (χ0v) is 13.4. The Morgan fingerprint density at radius 2 is 1.60 bits per heavy atom. The Morgan fingerprint density at radius 3 is 2.00 bits per heavy atom. The van der Waals surface area contributed by atoms with Crippen LogP contribution in [0.4, 0.5) is 11.4 Å². The molecule has 0 aliphatic heterocycles. The molecule has 0 aliphatic carbocycles. The molecule has 1 aromatic rings. The van der Waals surface area contributed by atoms with Gasteiger partial charge in [0.15, 0.2) is 0 Å². The predicted octanol–water partition coefficient (Wildman–Crippen LogP) is 4.09. The highest BCUT2D eigenvalue weighted by Crippen LogP contribution is 2.15. The van der Waals surface area contributed by atoms with Crippen molar-refractivity contribution in [3.05, 3.63) is 24.3 Å². The van der Waals surface area contributed by atoms with Crippen LogP contribution in [0.3, 0.4) is 0 Å². The monoisotopic (exact) mass is 280 g/mol. The van der Waals surface area contributed by atoms with Crippen LogP contribution in [0, 0.1) is 0 Å². The van der Waals surface area contributed by atoms with Crippen LogP contribution in [0.25, 0.3) is 0 Å². The van der Waals surface area contributed by atoms with E-state index in [0.717, 1.165) is 31.0 Å². The Kier molecular flexibility index (Phi) is 9.68. The van der Waals surface area contributed by atoms with Crippen LogP contribution in [0.2, 0.25) is 0 Å². The van der Waals surface area contributed by atoms with E-state index in [-0.39, 0.29) is 4.65 Å². The Bertz CT molecular complexity index is 358. The smallest absolute Gasteiger partial charge is 0.126 e. The number of likely N-dealkylation sites (N-methyl/N-ethyl adjacent to an activating group) is 1. The SMILES string of the molecule is C=Nc1ccc(NCC[N+](O)(CC)CC)cc1.CCC. The van der Waals surface area contributed by atoms with Crippen molar-refractivity contribution in [1.82, 2.24) is 0 Å². The first-order chi connectivity index (χ1) is 9.55. The largest absolute Gasteiger partial charge is 0.379 e. The zero-order valence-electron chi connectivity index (χ0n) is 13.4. The van der Waals surface area contributed by atoms with E-state index < -0.39 is 0 Å². The molecule has 20 heavy (non-hydrogen) atoms. The summed E-state index contributed by atoms with van der Waals surface area (Å²) in [5, 5.41) is 13.3. The highest BCUT2D eigenvalue weighted by molar-refractivity contribution is 5.53. The van der Waals surface area contributed by atoms with E-state index in [9.17, 15) is 5.21 Å². The van der Waals surface area contributed by atoms with Gasteiger partial charge in [0.25, 0.3) is 0 Å². The molecule has 0 unspecified atom stereocenters.